The molecule has 5 nitrogen and oxygen atoms in total. The normalized spacial score (nSPS) is 11.0. The van der Waals surface area contributed by atoms with Crippen molar-refractivity contribution in [2.45, 2.75) is 10.9 Å². The van der Waals surface area contributed by atoms with Gasteiger partial charge in [0.2, 0.25) is 5.16 Å². The lowest BCUT2D eigenvalue weighted by atomic mass is 10.2. The molecule has 24 heavy (non-hydrogen) atoms. The second-order valence-corrected chi connectivity index (χ2v) is 6.44. The Labute approximate surface area is 147 Å². The van der Waals surface area contributed by atoms with Gasteiger partial charge in [-0.3, -0.25) is 4.98 Å². The van der Waals surface area contributed by atoms with Crippen LogP contribution in [0.1, 0.15) is 5.56 Å². The third-order valence-corrected chi connectivity index (χ3v) is 4.84. The lowest BCUT2D eigenvalue weighted by Crippen LogP contribution is -1.97. The molecule has 0 atom stereocenters. The molecule has 0 bridgehead atoms. The Morgan fingerprint density at radius 3 is 2.75 bits per heavy atom. The first kappa shape index (κ1) is 15.1. The Morgan fingerprint density at radius 1 is 1.00 bits per heavy atom. The highest BCUT2D eigenvalue weighted by Gasteiger charge is 2.10. The number of hydrogen-bond acceptors (Lipinski definition) is 5. The van der Waals surface area contributed by atoms with Crippen molar-refractivity contribution >= 4 is 29.0 Å². The van der Waals surface area contributed by atoms with Crippen LogP contribution in [0.15, 0.2) is 66.1 Å². The fourth-order valence-corrected chi connectivity index (χ4v) is 3.46. The van der Waals surface area contributed by atoms with Crippen LogP contribution in [0.4, 0.5) is 0 Å². The number of nitrogens with zero attached hydrogens (tertiary/aromatic N) is 5. The molecule has 0 fully saturated rings. The van der Waals surface area contributed by atoms with Gasteiger partial charge in [-0.05, 0) is 35.9 Å². The van der Waals surface area contributed by atoms with E-state index in [4.69, 9.17) is 11.6 Å². The van der Waals surface area contributed by atoms with E-state index >= 15 is 0 Å². The van der Waals surface area contributed by atoms with Gasteiger partial charge in [0.25, 0.3) is 0 Å². The van der Waals surface area contributed by atoms with Crippen LogP contribution in [-0.4, -0.2) is 24.8 Å². The van der Waals surface area contributed by atoms with Gasteiger partial charge in [-0.2, -0.15) is 9.61 Å². The van der Waals surface area contributed by atoms with Crippen molar-refractivity contribution in [2.24, 2.45) is 0 Å². The summed E-state index contributed by atoms with van der Waals surface area (Å²) in [5, 5.41) is 14.5. The van der Waals surface area contributed by atoms with E-state index in [2.05, 4.69) is 20.3 Å². The molecular formula is C17H12ClN5S. The predicted molar refractivity (Wildman–Crippen MR) is 95.0 cm³/mol. The first-order valence-electron chi connectivity index (χ1n) is 7.30. The van der Waals surface area contributed by atoms with E-state index in [0.717, 1.165) is 27.0 Å². The number of benzene rings is 1. The van der Waals surface area contributed by atoms with Crippen molar-refractivity contribution < 1.29 is 0 Å². The van der Waals surface area contributed by atoms with Gasteiger partial charge in [-0.1, -0.05) is 41.6 Å². The monoisotopic (exact) mass is 353 g/mol. The third-order valence-electron chi connectivity index (χ3n) is 3.51. The SMILES string of the molecule is Clc1ccccc1CSc1nnc2ccc(-c3cccnc3)nn12. The first-order valence-corrected chi connectivity index (χ1v) is 8.67. The summed E-state index contributed by atoms with van der Waals surface area (Å²) < 4.78 is 1.75. The Balaban J connectivity index is 1.65. The maximum Gasteiger partial charge on any atom is 0.212 e. The van der Waals surface area contributed by atoms with Crippen LogP contribution in [-0.2, 0) is 5.75 Å². The molecule has 118 valence electrons. The van der Waals surface area contributed by atoms with Crippen molar-refractivity contribution in [2.75, 3.05) is 0 Å². The molecular weight excluding hydrogens is 342 g/mol. The number of hydrogen-bond donors (Lipinski definition) is 0. The molecule has 0 spiro atoms. The molecule has 1 aromatic carbocycles. The van der Waals surface area contributed by atoms with Gasteiger partial charge in [0, 0.05) is 28.7 Å². The summed E-state index contributed by atoms with van der Waals surface area (Å²) in [6.07, 6.45) is 3.53. The number of rotatable bonds is 4. The fraction of sp³-hybridized carbons (Fsp3) is 0.0588. The summed E-state index contributed by atoms with van der Waals surface area (Å²) in [6, 6.07) is 15.5. The van der Waals surface area contributed by atoms with Crippen LogP contribution in [0.5, 0.6) is 0 Å². The largest absolute Gasteiger partial charge is 0.264 e. The smallest absolute Gasteiger partial charge is 0.212 e. The van der Waals surface area contributed by atoms with E-state index in [1.165, 1.54) is 0 Å². The summed E-state index contributed by atoms with van der Waals surface area (Å²) >= 11 is 7.76. The van der Waals surface area contributed by atoms with Crippen molar-refractivity contribution in [3.05, 3.63) is 71.5 Å². The Hall–Kier alpha value is -2.44. The van der Waals surface area contributed by atoms with Gasteiger partial charge < -0.3 is 0 Å². The summed E-state index contributed by atoms with van der Waals surface area (Å²) in [7, 11) is 0. The highest BCUT2D eigenvalue weighted by molar-refractivity contribution is 7.98. The molecule has 4 aromatic rings. The van der Waals surface area contributed by atoms with E-state index in [-0.39, 0.29) is 0 Å². The lowest BCUT2D eigenvalue weighted by Gasteiger charge is -2.04. The quantitative estimate of drug-likeness (QED) is 0.516. The highest BCUT2D eigenvalue weighted by atomic mass is 35.5. The topological polar surface area (TPSA) is 56.0 Å². The van der Waals surface area contributed by atoms with Crippen LogP contribution in [0.3, 0.4) is 0 Å². The van der Waals surface area contributed by atoms with Crippen LogP contribution < -0.4 is 0 Å². The van der Waals surface area contributed by atoms with E-state index in [0.29, 0.717) is 11.4 Å². The van der Waals surface area contributed by atoms with Crippen molar-refractivity contribution in [1.29, 1.82) is 0 Å². The van der Waals surface area contributed by atoms with Crippen molar-refractivity contribution in [3.8, 4) is 11.3 Å². The molecule has 0 N–H and O–H groups in total. The van der Waals surface area contributed by atoms with Crippen LogP contribution in [0.25, 0.3) is 16.9 Å². The molecule has 0 saturated carbocycles. The summed E-state index contributed by atoms with van der Waals surface area (Å²) in [5.74, 6) is 0.708. The summed E-state index contributed by atoms with van der Waals surface area (Å²) in [6.45, 7) is 0. The third kappa shape index (κ3) is 2.98. The van der Waals surface area contributed by atoms with E-state index in [1.807, 2.05) is 48.5 Å². The summed E-state index contributed by atoms with van der Waals surface area (Å²) in [5.41, 5.74) is 3.55. The van der Waals surface area contributed by atoms with Crippen LogP contribution in [0.2, 0.25) is 5.02 Å². The van der Waals surface area contributed by atoms with E-state index in [9.17, 15) is 0 Å². The minimum atomic E-state index is 0.708. The average molecular weight is 354 g/mol. The maximum atomic E-state index is 6.21. The Kier molecular flexibility index (Phi) is 4.15. The van der Waals surface area contributed by atoms with E-state index in [1.54, 1.807) is 28.7 Å². The molecule has 0 unspecified atom stereocenters. The van der Waals surface area contributed by atoms with Gasteiger partial charge in [0.15, 0.2) is 5.65 Å². The fourth-order valence-electron chi connectivity index (χ4n) is 2.29. The zero-order valence-electron chi connectivity index (χ0n) is 12.5. The lowest BCUT2D eigenvalue weighted by molar-refractivity contribution is 0.812. The molecule has 0 aliphatic heterocycles. The zero-order chi connectivity index (χ0) is 16.4. The number of thioether (sulfide) groups is 1. The number of fused-ring (bicyclic) bond motifs is 1. The zero-order valence-corrected chi connectivity index (χ0v) is 14.1. The van der Waals surface area contributed by atoms with Crippen molar-refractivity contribution in [3.63, 3.8) is 0 Å². The second-order valence-electron chi connectivity index (χ2n) is 5.09. The molecule has 0 aliphatic carbocycles. The predicted octanol–water partition coefficient (Wildman–Crippen LogP) is 4.13. The highest BCUT2D eigenvalue weighted by Crippen LogP contribution is 2.26. The standard InChI is InChI=1S/C17H12ClN5S/c18-14-6-2-1-4-13(14)11-24-17-21-20-16-8-7-15(22-23(16)17)12-5-3-9-19-10-12/h1-10H,11H2. The maximum absolute atomic E-state index is 6.21. The number of aromatic nitrogens is 5. The van der Waals surface area contributed by atoms with Gasteiger partial charge in [-0.25, -0.2) is 0 Å². The van der Waals surface area contributed by atoms with Gasteiger partial charge in [0.1, 0.15) is 0 Å². The molecule has 0 saturated heterocycles. The van der Waals surface area contributed by atoms with Gasteiger partial charge >= 0.3 is 0 Å². The number of halogens is 1. The first-order chi connectivity index (χ1) is 11.8. The van der Waals surface area contributed by atoms with Gasteiger partial charge in [-0.15, -0.1) is 10.2 Å². The molecule has 4 rings (SSSR count). The molecule has 3 heterocycles. The minimum absolute atomic E-state index is 0.708. The summed E-state index contributed by atoms with van der Waals surface area (Å²) in [4.78, 5) is 4.14. The Bertz CT molecular complexity index is 987. The van der Waals surface area contributed by atoms with Gasteiger partial charge in [0.05, 0.1) is 5.69 Å². The van der Waals surface area contributed by atoms with Crippen LogP contribution in [0, 0.1) is 0 Å². The van der Waals surface area contributed by atoms with E-state index < -0.39 is 0 Å². The Morgan fingerprint density at radius 2 is 1.92 bits per heavy atom. The molecule has 3 aromatic heterocycles. The molecule has 0 aliphatic rings. The number of pyridine rings is 1. The average Bonchev–Trinajstić information content (AvgIpc) is 3.04. The molecule has 0 radical (unpaired) electrons. The molecule has 0 amide bonds. The van der Waals surface area contributed by atoms with Crippen LogP contribution >= 0.6 is 23.4 Å². The van der Waals surface area contributed by atoms with Crippen molar-refractivity contribution in [1.82, 2.24) is 24.8 Å². The second kappa shape index (κ2) is 6.59. The minimum Gasteiger partial charge on any atom is -0.264 e. The molecule has 7 heteroatoms.